The Kier molecular flexibility index (Phi) is 14.5. The van der Waals surface area contributed by atoms with Crippen LogP contribution in [0.5, 0.6) is 11.5 Å². The molecule has 0 fully saturated rings. The van der Waals surface area contributed by atoms with E-state index in [2.05, 4.69) is 20.7 Å². The molecule has 0 atom stereocenters. The van der Waals surface area contributed by atoms with Gasteiger partial charge in [0.2, 0.25) is 0 Å². The molecule has 0 aliphatic carbocycles. The van der Waals surface area contributed by atoms with Gasteiger partial charge < -0.3 is 19.7 Å². The van der Waals surface area contributed by atoms with E-state index in [9.17, 15) is 29.8 Å². The van der Waals surface area contributed by atoms with Crippen molar-refractivity contribution in [2.45, 2.75) is 11.9 Å². The van der Waals surface area contributed by atoms with Crippen molar-refractivity contribution in [3.05, 3.63) is 188 Å². The lowest BCUT2D eigenvalue weighted by Gasteiger charge is -2.08. The molecule has 0 bridgehead atoms. The summed E-state index contributed by atoms with van der Waals surface area (Å²) in [5.41, 5.74) is 5.24. The van der Waals surface area contributed by atoms with Gasteiger partial charge in [-0.1, -0.05) is 88.7 Å². The normalized spacial score (nSPS) is 10.0. The van der Waals surface area contributed by atoms with Crippen molar-refractivity contribution in [2.75, 3.05) is 7.11 Å². The Morgan fingerprint density at radius 3 is 1.63 bits per heavy atom. The molecule has 13 heteroatoms. The molecule has 2 N–H and O–H groups in total. The number of para-hydroxylation sites is 2. The van der Waals surface area contributed by atoms with Crippen LogP contribution >= 0.6 is 15.9 Å². The van der Waals surface area contributed by atoms with Crippen molar-refractivity contribution in [1.29, 1.82) is 0 Å². The molecule has 6 aromatic carbocycles. The molecule has 0 aromatic heterocycles. The summed E-state index contributed by atoms with van der Waals surface area (Å²) in [6.07, 6.45) is 0. The number of phenols is 1. The second-order valence-electron chi connectivity index (χ2n) is 11.2. The molecule has 54 heavy (non-hydrogen) atoms. The predicted octanol–water partition coefficient (Wildman–Crippen LogP) is 9.87. The number of nitro benzene ring substituents is 2. The zero-order valence-corrected chi connectivity index (χ0v) is 30.3. The number of carbonyl (C=O) groups excluding carboxylic acids is 1. The van der Waals surface area contributed by atoms with Crippen LogP contribution in [0.25, 0.3) is 22.3 Å². The van der Waals surface area contributed by atoms with Gasteiger partial charge in [-0.3, -0.25) is 20.2 Å². The van der Waals surface area contributed by atoms with Crippen molar-refractivity contribution in [2.24, 2.45) is 0 Å². The van der Waals surface area contributed by atoms with E-state index in [-0.39, 0.29) is 35.3 Å². The summed E-state index contributed by atoms with van der Waals surface area (Å²) < 4.78 is 10.3. The number of carbonyl (C=O) groups is 2. The van der Waals surface area contributed by atoms with Crippen LogP contribution < -0.4 is 4.74 Å². The largest absolute Gasteiger partial charge is 0.508 e. The number of aromatic hydroxyl groups is 1. The van der Waals surface area contributed by atoms with Crippen LogP contribution in [-0.2, 0) is 16.7 Å². The first-order valence-electron chi connectivity index (χ1n) is 16.1. The Labute approximate surface area is 318 Å². The van der Waals surface area contributed by atoms with Crippen LogP contribution in [-0.4, -0.2) is 39.1 Å². The number of carboxylic acids is 1. The van der Waals surface area contributed by atoms with Gasteiger partial charge in [-0.15, -0.1) is 0 Å². The van der Waals surface area contributed by atoms with E-state index in [0.717, 1.165) is 22.0 Å². The maximum absolute atomic E-state index is 11.1. The second kappa shape index (κ2) is 19.7. The topological polar surface area (TPSA) is 179 Å². The van der Waals surface area contributed by atoms with Gasteiger partial charge in [0.05, 0.1) is 39.2 Å². The molecule has 0 aliphatic rings. The minimum absolute atomic E-state index is 0.0478. The molecule has 0 aliphatic heterocycles. The summed E-state index contributed by atoms with van der Waals surface area (Å²) in [6.45, 7) is 0.228. The zero-order valence-electron chi connectivity index (χ0n) is 28.7. The average molecular weight is 794 g/mol. The Bertz CT molecular complexity index is 2230. The highest BCUT2D eigenvalue weighted by atomic mass is 79.9. The van der Waals surface area contributed by atoms with E-state index in [1.807, 2.05) is 12.1 Å². The molecule has 0 saturated carbocycles. The number of carboxylic acid groups (broad SMARTS) is 1. The molecule has 0 saturated heterocycles. The number of benzene rings is 6. The minimum Gasteiger partial charge on any atom is -0.508 e. The number of halogens is 1. The maximum Gasteiger partial charge on any atom is 0.337 e. The molecular formula is C41H33BrN2O10. The molecule has 0 radical (unpaired) electrons. The third-order valence-electron chi connectivity index (χ3n) is 7.63. The highest BCUT2D eigenvalue weighted by Crippen LogP contribution is 2.31. The SMILES string of the molecule is COC(=O)c1cccc(CBr)c1.O=C(O)c1cccc(COc2ccc(-c3ccccc3[N+](=O)[O-])cc2)c1.O=[N+]([O-])c1ccccc1-c1ccc(O)cc1. The quantitative estimate of drug-likeness (QED) is 0.0587. The summed E-state index contributed by atoms with van der Waals surface area (Å²) in [5, 5.41) is 40.9. The number of phenolic OH excluding ortho intramolecular Hbond substituents is 1. The third kappa shape index (κ3) is 11.3. The highest BCUT2D eigenvalue weighted by Gasteiger charge is 2.15. The molecule has 0 amide bonds. The van der Waals surface area contributed by atoms with Crippen molar-refractivity contribution >= 4 is 39.2 Å². The van der Waals surface area contributed by atoms with Crippen LogP contribution in [0.2, 0.25) is 0 Å². The zero-order chi connectivity index (χ0) is 39.0. The van der Waals surface area contributed by atoms with E-state index in [4.69, 9.17) is 14.9 Å². The van der Waals surface area contributed by atoms with Crippen LogP contribution in [0.3, 0.4) is 0 Å². The highest BCUT2D eigenvalue weighted by molar-refractivity contribution is 9.08. The van der Waals surface area contributed by atoms with E-state index in [1.165, 1.54) is 37.4 Å². The number of rotatable bonds is 10. The van der Waals surface area contributed by atoms with Crippen LogP contribution in [0, 0.1) is 20.2 Å². The molecule has 12 nitrogen and oxygen atoms in total. The van der Waals surface area contributed by atoms with E-state index < -0.39 is 15.8 Å². The second-order valence-corrected chi connectivity index (χ2v) is 11.8. The van der Waals surface area contributed by atoms with Gasteiger partial charge in [0.25, 0.3) is 11.4 Å². The van der Waals surface area contributed by atoms with E-state index in [1.54, 1.807) is 103 Å². The summed E-state index contributed by atoms with van der Waals surface area (Å²) in [6, 6.07) is 40.2. The molecule has 274 valence electrons. The van der Waals surface area contributed by atoms with Crippen LogP contribution in [0.15, 0.2) is 146 Å². The van der Waals surface area contributed by atoms with Gasteiger partial charge in [-0.05, 0) is 82.9 Å². The number of ether oxygens (including phenoxy) is 2. The molecule has 0 heterocycles. The number of hydrogen-bond donors (Lipinski definition) is 2. The monoisotopic (exact) mass is 792 g/mol. The van der Waals surface area contributed by atoms with Gasteiger partial charge in [-0.25, -0.2) is 9.59 Å². The van der Waals surface area contributed by atoms with E-state index >= 15 is 0 Å². The number of esters is 1. The lowest BCUT2D eigenvalue weighted by molar-refractivity contribution is -0.384. The molecule has 6 rings (SSSR count). The van der Waals surface area contributed by atoms with Crippen molar-refractivity contribution in [1.82, 2.24) is 0 Å². The molecular weight excluding hydrogens is 760 g/mol. The van der Waals surface area contributed by atoms with Gasteiger partial charge in [-0.2, -0.15) is 0 Å². The third-order valence-corrected chi connectivity index (χ3v) is 8.27. The van der Waals surface area contributed by atoms with E-state index in [0.29, 0.717) is 28.0 Å². The van der Waals surface area contributed by atoms with Crippen LogP contribution in [0.4, 0.5) is 11.4 Å². The summed E-state index contributed by atoms with van der Waals surface area (Å²) in [4.78, 5) is 43.2. The number of nitro groups is 2. The van der Waals surface area contributed by atoms with Crippen LogP contribution in [0.1, 0.15) is 31.8 Å². The number of nitrogens with zero attached hydrogens (tertiary/aromatic N) is 2. The fourth-order valence-electron chi connectivity index (χ4n) is 4.99. The predicted molar refractivity (Wildman–Crippen MR) is 207 cm³/mol. The standard InChI is InChI=1S/C20H15NO5.C12H9NO3.C9H9BrO2/c22-20(23)16-5-3-4-14(12-16)13-26-17-10-8-15(9-11-17)18-6-1-2-7-19(18)21(24)25;14-10-7-5-9(6-8-10)11-3-1-2-4-12(11)13(15)16;1-12-9(11)8-4-2-3-7(5-8)6-10/h1-12H,13H2,(H,22,23);1-8,14H;2-5H,6H2,1H3. The smallest absolute Gasteiger partial charge is 0.337 e. The van der Waals surface area contributed by atoms with Crippen molar-refractivity contribution in [3.63, 3.8) is 0 Å². The van der Waals surface area contributed by atoms with Gasteiger partial charge in [0.15, 0.2) is 0 Å². The fraction of sp³-hybridized carbons (Fsp3) is 0.0732. The maximum atomic E-state index is 11.1. The minimum atomic E-state index is -0.986. The average Bonchev–Trinajstić information content (AvgIpc) is 3.20. The molecule has 0 unspecified atom stereocenters. The lowest BCUT2D eigenvalue weighted by Crippen LogP contribution is -2.00. The number of hydrogen-bond acceptors (Lipinski definition) is 9. The first-order chi connectivity index (χ1) is 26.0. The summed E-state index contributed by atoms with van der Waals surface area (Å²) in [7, 11) is 1.38. The Morgan fingerprint density at radius 1 is 0.648 bits per heavy atom. The Hall–Kier alpha value is -6.86. The fourth-order valence-corrected chi connectivity index (χ4v) is 5.33. The Balaban J connectivity index is 0.000000198. The summed E-state index contributed by atoms with van der Waals surface area (Å²) >= 11 is 3.31. The van der Waals surface area contributed by atoms with Gasteiger partial charge in [0, 0.05) is 17.5 Å². The number of methoxy groups -OCH3 is 1. The molecule has 6 aromatic rings. The van der Waals surface area contributed by atoms with Crippen molar-refractivity contribution in [3.8, 4) is 33.8 Å². The summed E-state index contributed by atoms with van der Waals surface area (Å²) in [5.74, 6) is -0.547. The van der Waals surface area contributed by atoms with Crippen molar-refractivity contribution < 1.29 is 39.1 Å². The first-order valence-corrected chi connectivity index (χ1v) is 17.2. The molecule has 0 spiro atoms. The Morgan fingerprint density at radius 2 is 1.13 bits per heavy atom. The number of alkyl halides is 1. The lowest BCUT2D eigenvalue weighted by atomic mass is 10.0. The van der Waals surface area contributed by atoms with Gasteiger partial charge in [0.1, 0.15) is 18.1 Å². The first kappa shape index (κ1) is 39.9. The number of aromatic carboxylic acids is 1. The van der Waals surface area contributed by atoms with Gasteiger partial charge >= 0.3 is 11.9 Å².